The molecule has 1 aliphatic heterocycles. The number of nitrogens with one attached hydrogen (secondary N) is 1. The molecule has 0 spiro atoms. The summed E-state index contributed by atoms with van der Waals surface area (Å²) in [6, 6.07) is 7.78. The molecule has 0 aromatic heterocycles. The number of carbonyl (C=O) groups is 2. The van der Waals surface area contributed by atoms with Crippen LogP contribution in [0.4, 0.5) is 0 Å². The number of nitrogens with zero attached hydrogens (tertiary/aromatic N) is 1. The third kappa shape index (κ3) is 3.34. The highest BCUT2D eigenvalue weighted by Crippen LogP contribution is 2.10. The Bertz CT molecular complexity index is 485. The maximum Gasteiger partial charge on any atom is 0.244 e. The van der Waals surface area contributed by atoms with Crippen LogP contribution in [-0.4, -0.2) is 35.8 Å². The normalized spacial score (nSPS) is 20.1. The topological polar surface area (TPSA) is 49.4 Å². The van der Waals surface area contributed by atoms with Crippen LogP contribution < -0.4 is 5.32 Å². The fraction of sp³-hybridized carbons (Fsp3) is 0.467. The van der Waals surface area contributed by atoms with Gasteiger partial charge in [0.1, 0.15) is 6.04 Å². The summed E-state index contributed by atoms with van der Waals surface area (Å²) in [6.45, 7) is 5.00. The molecule has 0 aliphatic carbocycles. The van der Waals surface area contributed by atoms with Gasteiger partial charge in [-0.25, -0.2) is 0 Å². The Kier molecular flexibility index (Phi) is 4.20. The van der Waals surface area contributed by atoms with Crippen LogP contribution in [0.5, 0.6) is 0 Å². The summed E-state index contributed by atoms with van der Waals surface area (Å²) < 4.78 is 0. The molecule has 2 rings (SSSR count). The van der Waals surface area contributed by atoms with E-state index in [1.807, 2.05) is 12.1 Å². The Balaban J connectivity index is 2.00. The van der Waals surface area contributed by atoms with Crippen LogP contribution in [-0.2, 0) is 16.0 Å². The van der Waals surface area contributed by atoms with Crippen LogP contribution in [0, 0.1) is 6.92 Å². The van der Waals surface area contributed by atoms with Crippen molar-refractivity contribution < 1.29 is 9.59 Å². The zero-order valence-corrected chi connectivity index (χ0v) is 11.5. The second-order valence-corrected chi connectivity index (χ2v) is 5.04. The van der Waals surface area contributed by atoms with Crippen LogP contribution in [0.2, 0.25) is 0 Å². The molecule has 0 saturated carbocycles. The molecule has 4 nitrogen and oxygen atoms in total. The second kappa shape index (κ2) is 5.87. The van der Waals surface area contributed by atoms with Gasteiger partial charge in [0.15, 0.2) is 0 Å². The minimum atomic E-state index is -0.410. The highest BCUT2D eigenvalue weighted by Gasteiger charge is 2.25. The van der Waals surface area contributed by atoms with Gasteiger partial charge in [0.2, 0.25) is 11.8 Å². The molecule has 0 bridgehead atoms. The average molecular weight is 260 g/mol. The minimum absolute atomic E-state index is 0.0134. The fourth-order valence-corrected chi connectivity index (χ4v) is 2.36. The first-order valence-corrected chi connectivity index (χ1v) is 6.70. The minimum Gasteiger partial charge on any atom is -0.345 e. The molecule has 1 aromatic carbocycles. The number of rotatable bonds is 3. The van der Waals surface area contributed by atoms with Gasteiger partial charge in [-0.1, -0.05) is 24.3 Å². The zero-order valence-electron chi connectivity index (χ0n) is 11.5. The molecule has 0 radical (unpaired) electrons. The summed E-state index contributed by atoms with van der Waals surface area (Å²) in [5.74, 6) is -0.0290. The van der Waals surface area contributed by atoms with E-state index >= 15 is 0 Å². The third-order valence-corrected chi connectivity index (χ3v) is 3.58. The lowest BCUT2D eigenvalue weighted by Crippen LogP contribution is -2.43. The number of benzene rings is 1. The van der Waals surface area contributed by atoms with Gasteiger partial charge in [-0.2, -0.15) is 0 Å². The number of amides is 2. The lowest BCUT2D eigenvalue weighted by atomic mass is 10.1. The first-order chi connectivity index (χ1) is 9.08. The van der Waals surface area contributed by atoms with Gasteiger partial charge in [-0.15, -0.1) is 0 Å². The summed E-state index contributed by atoms with van der Waals surface area (Å²) in [6.07, 6.45) is 1.23. The van der Waals surface area contributed by atoms with Crippen LogP contribution in [0.25, 0.3) is 0 Å². The largest absolute Gasteiger partial charge is 0.345 e. The monoisotopic (exact) mass is 260 g/mol. The van der Waals surface area contributed by atoms with Crippen molar-refractivity contribution in [2.45, 2.75) is 32.7 Å². The van der Waals surface area contributed by atoms with Crippen molar-refractivity contribution in [1.82, 2.24) is 10.2 Å². The van der Waals surface area contributed by atoms with Gasteiger partial charge in [-0.3, -0.25) is 9.59 Å². The molecule has 2 amide bonds. The number of hydrogen-bond donors (Lipinski definition) is 1. The lowest BCUT2D eigenvalue weighted by Gasteiger charge is -2.22. The Morgan fingerprint density at radius 1 is 1.32 bits per heavy atom. The lowest BCUT2D eigenvalue weighted by molar-refractivity contribution is -0.133. The predicted molar refractivity (Wildman–Crippen MR) is 73.7 cm³/mol. The van der Waals surface area contributed by atoms with Crippen LogP contribution in [0.1, 0.15) is 24.5 Å². The Hall–Kier alpha value is -1.84. The predicted octanol–water partition coefficient (Wildman–Crippen LogP) is 1.27. The Labute approximate surface area is 113 Å². The summed E-state index contributed by atoms with van der Waals surface area (Å²) >= 11 is 0. The molecule has 1 unspecified atom stereocenters. The molecular formula is C15H20N2O2. The molecule has 102 valence electrons. The molecule has 1 aliphatic rings. The van der Waals surface area contributed by atoms with Crippen LogP contribution in [0.3, 0.4) is 0 Å². The van der Waals surface area contributed by atoms with Crippen molar-refractivity contribution >= 4 is 11.8 Å². The Morgan fingerprint density at radius 3 is 2.79 bits per heavy atom. The Morgan fingerprint density at radius 2 is 2.05 bits per heavy atom. The summed E-state index contributed by atoms with van der Waals surface area (Å²) in [7, 11) is 0. The van der Waals surface area contributed by atoms with Gasteiger partial charge in [0, 0.05) is 19.5 Å². The summed E-state index contributed by atoms with van der Waals surface area (Å²) in [4.78, 5) is 25.3. The maximum absolute atomic E-state index is 12.1. The second-order valence-electron chi connectivity index (χ2n) is 5.04. The van der Waals surface area contributed by atoms with Crippen molar-refractivity contribution in [2.75, 3.05) is 13.1 Å². The van der Waals surface area contributed by atoms with Crippen molar-refractivity contribution in [3.63, 3.8) is 0 Å². The van der Waals surface area contributed by atoms with Gasteiger partial charge in [0.05, 0.1) is 0 Å². The molecule has 19 heavy (non-hydrogen) atoms. The number of carbonyl (C=O) groups excluding carboxylic acids is 2. The first-order valence-electron chi connectivity index (χ1n) is 6.70. The van der Waals surface area contributed by atoms with Crippen molar-refractivity contribution in [1.29, 1.82) is 0 Å². The molecule has 1 fully saturated rings. The summed E-state index contributed by atoms with van der Waals surface area (Å²) in [5, 5.41) is 2.70. The number of aryl methyl sites for hydroxylation is 1. The molecule has 1 heterocycles. The van der Waals surface area contributed by atoms with E-state index in [2.05, 4.69) is 24.4 Å². The molecule has 1 N–H and O–H groups in total. The van der Waals surface area contributed by atoms with E-state index in [0.717, 1.165) is 6.42 Å². The SMILES string of the molecule is Cc1ccccc1CCN1CCC(=O)NC(C)C1=O. The molecule has 4 heteroatoms. The molecule has 1 saturated heterocycles. The van der Waals surface area contributed by atoms with Crippen molar-refractivity contribution in [2.24, 2.45) is 0 Å². The zero-order chi connectivity index (χ0) is 13.8. The summed E-state index contributed by atoms with van der Waals surface area (Å²) in [5.41, 5.74) is 2.50. The molecular weight excluding hydrogens is 240 g/mol. The van der Waals surface area contributed by atoms with Crippen molar-refractivity contribution in [3.05, 3.63) is 35.4 Å². The van der Waals surface area contributed by atoms with E-state index in [-0.39, 0.29) is 11.8 Å². The number of hydrogen-bond acceptors (Lipinski definition) is 2. The maximum atomic E-state index is 12.1. The van der Waals surface area contributed by atoms with E-state index in [9.17, 15) is 9.59 Å². The van der Waals surface area contributed by atoms with E-state index in [4.69, 9.17) is 0 Å². The fourth-order valence-electron chi connectivity index (χ4n) is 2.36. The standard InChI is InChI=1S/C15H20N2O2/c1-11-5-3-4-6-13(11)7-9-17-10-8-14(18)16-12(2)15(17)19/h3-6,12H,7-10H2,1-2H3,(H,16,18). The van der Waals surface area contributed by atoms with Gasteiger partial charge < -0.3 is 10.2 Å². The quantitative estimate of drug-likeness (QED) is 0.890. The van der Waals surface area contributed by atoms with Crippen LogP contribution >= 0.6 is 0 Å². The van der Waals surface area contributed by atoms with Gasteiger partial charge in [0.25, 0.3) is 0 Å². The highest BCUT2D eigenvalue weighted by atomic mass is 16.2. The van der Waals surface area contributed by atoms with E-state index in [0.29, 0.717) is 19.5 Å². The molecule has 1 atom stereocenters. The van der Waals surface area contributed by atoms with E-state index in [1.165, 1.54) is 11.1 Å². The van der Waals surface area contributed by atoms with E-state index in [1.54, 1.807) is 11.8 Å². The third-order valence-electron chi connectivity index (χ3n) is 3.58. The highest BCUT2D eigenvalue weighted by molar-refractivity contribution is 5.89. The van der Waals surface area contributed by atoms with Gasteiger partial charge >= 0.3 is 0 Å². The smallest absolute Gasteiger partial charge is 0.244 e. The average Bonchev–Trinajstić information content (AvgIpc) is 2.50. The first kappa shape index (κ1) is 13.6. The van der Waals surface area contributed by atoms with Crippen LogP contribution in [0.15, 0.2) is 24.3 Å². The van der Waals surface area contributed by atoms with E-state index < -0.39 is 6.04 Å². The van der Waals surface area contributed by atoms with Crippen molar-refractivity contribution in [3.8, 4) is 0 Å². The molecule has 1 aromatic rings. The van der Waals surface area contributed by atoms with Gasteiger partial charge in [-0.05, 0) is 31.4 Å².